The Morgan fingerprint density at radius 3 is 2.53 bits per heavy atom. The van der Waals surface area contributed by atoms with Crippen LogP contribution in [0.3, 0.4) is 0 Å². The summed E-state index contributed by atoms with van der Waals surface area (Å²) < 4.78 is 10.3. The van der Waals surface area contributed by atoms with Gasteiger partial charge in [0.05, 0.1) is 13.2 Å². The van der Waals surface area contributed by atoms with Crippen molar-refractivity contribution in [1.29, 1.82) is 0 Å². The molecule has 17 heavy (non-hydrogen) atoms. The predicted molar refractivity (Wildman–Crippen MR) is 68.1 cm³/mol. The normalized spacial score (nSPS) is 12.8. The molecule has 1 N–H and O–H groups in total. The first-order valence-corrected chi connectivity index (χ1v) is 6.25. The maximum absolute atomic E-state index is 11.5. The van der Waals surface area contributed by atoms with Crippen LogP contribution in [0, 0.1) is 0 Å². The van der Waals surface area contributed by atoms with Gasteiger partial charge in [0.15, 0.2) is 0 Å². The Bertz CT molecular complexity index is 200. The molecular weight excluding hydrogens is 220 g/mol. The standard InChI is InChI=1S/C12H26N2O3/c1-5-16-10-9-14(4)8-7-11(13-3)12(15)17-6-2/h11,13H,5-10H2,1-4H3. The number of esters is 1. The van der Waals surface area contributed by atoms with Crippen LogP contribution in [0.2, 0.25) is 0 Å². The van der Waals surface area contributed by atoms with Crippen LogP contribution in [0.4, 0.5) is 0 Å². The predicted octanol–water partition coefficient (Wildman–Crippen LogP) is 0.496. The lowest BCUT2D eigenvalue weighted by Crippen LogP contribution is -2.39. The molecule has 0 rings (SSSR count). The van der Waals surface area contributed by atoms with E-state index in [0.29, 0.717) is 6.61 Å². The molecule has 0 aromatic carbocycles. The van der Waals surface area contributed by atoms with E-state index in [0.717, 1.165) is 32.7 Å². The Morgan fingerprint density at radius 2 is 2.00 bits per heavy atom. The lowest BCUT2D eigenvalue weighted by molar-refractivity contribution is -0.145. The first-order chi connectivity index (χ1) is 8.15. The lowest BCUT2D eigenvalue weighted by Gasteiger charge is -2.20. The molecule has 0 aromatic rings. The summed E-state index contributed by atoms with van der Waals surface area (Å²) in [5.74, 6) is -0.173. The van der Waals surface area contributed by atoms with Crippen LogP contribution in [0.1, 0.15) is 20.3 Å². The highest BCUT2D eigenvalue weighted by Crippen LogP contribution is 1.97. The van der Waals surface area contributed by atoms with Gasteiger partial charge in [0, 0.05) is 13.2 Å². The second-order valence-electron chi connectivity index (χ2n) is 3.88. The van der Waals surface area contributed by atoms with Gasteiger partial charge in [-0.15, -0.1) is 0 Å². The van der Waals surface area contributed by atoms with E-state index in [-0.39, 0.29) is 12.0 Å². The van der Waals surface area contributed by atoms with Crippen molar-refractivity contribution in [2.45, 2.75) is 26.3 Å². The maximum Gasteiger partial charge on any atom is 0.323 e. The van der Waals surface area contributed by atoms with Gasteiger partial charge < -0.3 is 19.7 Å². The Hall–Kier alpha value is -0.650. The zero-order valence-electron chi connectivity index (χ0n) is 11.5. The highest BCUT2D eigenvalue weighted by molar-refractivity contribution is 5.75. The number of carbonyl (C=O) groups excluding carboxylic acids is 1. The molecule has 0 radical (unpaired) electrons. The third-order valence-corrected chi connectivity index (χ3v) is 2.54. The topological polar surface area (TPSA) is 50.8 Å². The third-order valence-electron chi connectivity index (χ3n) is 2.54. The van der Waals surface area contributed by atoms with Gasteiger partial charge in [-0.3, -0.25) is 4.79 Å². The fraction of sp³-hybridized carbons (Fsp3) is 0.917. The van der Waals surface area contributed by atoms with E-state index in [1.807, 2.05) is 20.9 Å². The summed E-state index contributed by atoms with van der Waals surface area (Å²) in [6, 6.07) is -0.218. The molecule has 5 heteroatoms. The highest BCUT2D eigenvalue weighted by atomic mass is 16.5. The van der Waals surface area contributed by atoms with Crippen molar-refractivity contribution in [3.8, 4) is 0 Å². The summed E-state index contributed by atoms with van der Waals surface area (Å²) in [6.07, 6.45) is 0.748. The van der Waals surface area contributed by atoms with Crippen LogP contribution < -0.4 is 5.32 Å². The number of carbonyl (C=O) groups is 1. The van der Waals surface area contributed by atoms with Crippen LogP contribution in [0.15, 0.2) is 0 Å². The van der Waals surface area contributed by atoms with Crippen molar-refractivity contribution in [2.24, 2.45) is 0 Å². The molecule has 1 atom stereocenters. The number of rotatable bonds is 10. The van der Waals surface area contributed by atoms with Gasteiger partial charge in [0.1, 0.15) is 6.04 Å². The third kappa shape index (κ3) is 8.12. The zero-order valence-corrected chi connectivity index (χ0v) is 11.5. The van der Waals surface area contributed by atoms with Crippen LogP contribution >= 0.6 is 0 Å². The van der Waals surface area contributed by atoms with E-state index in [2.05, 4.69) is 10.2 Å². The molecule has 0 amide bonds. The summed E-state index contributed by atoms with van der Waals surface area (Å²) in [5, 5.41) is 2.98. The quantitative estimate of drug-likeness (QED) is 0.449. The molecule has 0 fully saturated rings. The minimum absolute atomic E-state index is 0.173. The van der Waals surface area contributed by atoms with E-state index < -0.39 is 0 Å². The van der Waals surface area contributed by atoms with Crippen molar-refractivity contribution >= 4 is 5.97 Å². The first-order valence-electron chi connectivity index (χ1n) is 6.25. The van der Waals surface area contributed by atoms with E-state index in [1.54, 1.807) is 7.05 Å². The molecule has 102 valence electrons. The smallest absolute Gasteiger partial charge is 0.323 e. The summed E-state index contributed by atoms with van der Waals surface area (Å²) in [4.78, 5) is 13.7. The van der Waals surface area contributed by atoms with Gasteiger partial charge in [-0.05, 0) is 40.9 Å². The van der Waals surface area contributed by atoms with Crippen molar-refractivity contribution in [2.75, 3.05) is 47.0 Å². The van der Waals surface area contributed by atoms with E-state index in [9.17, 15) is 4.79 Å². The van der Waals surface area contributed by atoms with Gasteiger partial charge in [-0.1, -0.05) is 0 Å². The van der Waals surface area contributed by atoms with Gasteiger partial charge in [0.2, 0.25) is 0 Å². The van der Waals surface area contributed by atoms with Crippen LogP contribution in [-0.4, -0.2) is 63.9 Å². The van der Waals surface area contributed by atoms with Gasteiger partial charge in [-0.2, -0.15) is 0 Å². The van der Waals surface area contributed by atoms with E-state index >= 15 is 0 Å². The number of ether oxygens (including phenoxy) is 2. The molecule has 0 spiro atoms. The Labute approximate surface area is 104 Å². The minimum atomic E-state index is -0.218. The average molecular weight is 246 g/mol. The molecule has 0 aliphatic rings. The minimum Gasteiger partial charge on any atom is -0.465 e. The largest absolute Gasteiger partial charge is 0.465 e. The van der Waals surface area contributed by atoms with Gasteiger partial charge in [0.25, 0.3) is 0 Å². The van der Waals surface area contributed by atoms with Crippen LogP contribution in [0.25, 0.3) is 0 Å². The molecule has 0 aliphatic carbocycles. The fourth-order valence-electron chi connectivity index (χ4n) is 1.45. The fourth-order valence-corrected chi connectivity index (χ4v) is 1.45. The Kier molecular flexibility index (Phi) is 10.1. The Balaban J connectivity index is 3.77. The summed E-state index contributed by atoms with van der Waals surface area (Å²) in [5.41, 5.74) is 0. The summed E-state index contributed by atoms with van der Waals surface area (Å²) >= 11 is 0. The molecule has 0 saturated heterocycles. The second-order valence-corrected chi connectivity index (χ2v) is 3.88. The molecule has 5 nitrogen and oxygen atoms in total. The van der Waals surface area contributed by atoms with Crippen molar-refractivity contribution in [3.05, 3.63) is 0 Å². The van der Waals surface area contributed by atoms with Crippen LogP contribution in [0.5, 0.6) is 0 Å². The molecule has 0 saturated carbocycles. The van der Waals surface area contributed by atoms with E-state index in [1.165, 1.54) is 0 Å². The van der Waals surface area contributed by atoms with Crippen molar-refractivity contribution in [3.63, 3.8) is 0 Å². The zero-order chi connectivity index (χ0) is 13.1. The highest BCUT2D eigenvalue weighted by Gasteiger charge is 2.17. The molecular formula is C12H26N2O3. The number of hydrogen-bond donors (Lipinski definition) is 1. The summed E-state index contributed by atoms with van der Waals surface area (Å²) in [7, 11) is 3.80. The molecule has 0 aliphatic heterocycles. The number of nitrogens with one attached hydrogen (secondary N) is 1. The number of nitrogens with zero attached hydrogens (tertiary/aromatic N) is 1. The van der Waals surface area contributed by atoms with Crippen LogP contribution in [-0.2, 0) is 14.3 Å². The molecule has 1 unspecified atom stereocenters. The monoisotopic (exact) mass is 246 g/mol. The van der Waals surface area contributed by atoms with Gasteiger partial charge in [-0.25, -0.2) is 0 Å². The van der Waals surface area contributed by atoms with Crippen molar-refractivity contribution < 1.29 is 14.3 Å². The summed E-state index contributed by atoms with van der Waals surface area (Å²) in [6.45, 7) is 7.44. The maximum atomic E-state index is 11.5. The lowest BCUT2D eigenvalue weighted by atomic mass is 10.2. The molecule has 0 heterocycles. The van der Waals surface area contributed by atoms with Crippen molar-refractivity contribution in [1.82, 2.24) is 10.2 Å². The average Bonchev–Trinajstić information content (AvgIpc) is 2.30. The second kappa shape index (κ2) is 10.5. The van der Waals surface area contributed by atoms with Gasteiger partial charge >= 0.3 is 5.97 Å². The number of likely N-dealkylation sites (N-methyl/N-ethyl adjacent to an activating group) is 2. The molecule has 0 aromatic heterocycles. The SMILES string of the molecule is CCOCCN(C)CCC(NC)C(=O)OCC. The molecule has 0 bridgehead atoms. The van der Waals surface area contributed by atoms with E-state index in [4.69, 9.17) is 9.47 Å². The Morgan fingerprint density at radius 1 is 1.29 bits per heavy atom. The number of hydrogen-bond acceptors (Lipinski definition) is 5. The first kappa shape index (κ1) is 16.4.